The molecule has 1 amide bonds. The highest BCUT2D eigenvalue weighted by atomic mass is 16.5. The summed E-state index contributed by atoms with van der Waals surface area (Å²) in [6, 6.07) is 1.65. The summed E-state index contributed by atoms with van der Waals surface area (Å²) in [6.45, 7) is 3.53. The molecule has 0 radical (unpaired) electrons. The minimum atomic E-state index is -0.588. The Balaban J connectivity index is 3.36. The smallest absolute Gasteiger partial charge is 0.320 e. The van der Waals surface area contributed by atoms with Crippen molar-refractivity contribution in [2.24, 2.45) is 0 Å². The Bertz CT molecular complexity index is 242. The first-order valence-electron chi connectivity index (χ1n) is 3.63. The summed E-state index contributed by atoms with van der Waals surface area (Å²) in [5, 5.41) is 10.5. The van der Waals surface area contributed by atoms with Gasteiger partial charge in [-0.05, 0) is 6.08 Å². The third-order valence-corrected chi connectivity index (χ3v) is 1.07. The maximum absolute atomic E-state index is 10.6. The first-order valence-corrected chi connectivity index (χ1v) is 3.63. The highest BCUT2D eigenvalue weighted by Crippen LogP contribution is 1.82. The summed E-state index contributed by atoms with van der Waals surface area (Å²) in [6.07, 6.45) is 0.854. The van der Waals surface area contributed by atoms with Crippen LogP contribution in [0.2, 0.25) is 0 Å². The van der Waals surface area contributed by atoms with Crippen molar-refractivity contribution in [2.75, 3.05) is 13.2 Å². The fraction of sp³-hybridized carbons (Fsp3) is 0.375. The van der Waals surface area contributed by atoms with Crippen LogP contribution in [0.1, 0.15) is 6.42 Å². The zero-order valence-electron chi connectivity index (χ0n) is 7.08. The first-order chi connectivity index (χ1) is 6.20. The molecule has 0 aliphatic carbocycles. The fourth-order valence-corrected chi connectivity index (χ4v) is 0.527. The molecule has 0 aliphatic heterocycles. The summed E-state index contributed by atoms with van der Waals surface area (Å²) in [4.78, 5) is 21.1. The zero-order chi connectivity index (χ0) is 10.1. The molecule has 1 N–H and O–H groups in total. The summed E-state index contributed by atoms with van der Waals surface area (Å²) in [7, 11) is 0. The standard InChI is InChI=1S/C8H10N2O3/c1-2-7(11)10-5-6-13-8(12)3-4-9/h2H,1,3,5-6H2,(H,10,11). The van der Waals surface area contributed by atoms with Crippen LogP contribution in [0.25, 0.3) is 0 Å². The van der Waals surface area contributed by atoms with Gasteiger partial charge in [0.25, 0.3) is 0 Å². The Hall–Kier alpha value is -1.83. The molecule has 0 atom stereocenters. The van der Waals surface area contributed by atoms with Crippen LogP contribution in [-0.2, 0) is 14.3 Å². The molecule has 0 bridgehead atoms. The molecular formula is C8H10N2O3. The Labute approximate surface area is 76.0 Å². The van der Waals surface area contributed by atoms with Crippen molar-refractivity contribution in [1.82, 2.24) is 5.32 Å². The number of carbonyl (C=O) groups excluding carboxylic acids is 2. The van der Waals surface area contributed by atoms with Crippen molar-refractivity contribution in [3.05, 3.63) is 12.7 Å². The molecular weight excluding hydrogens is 172 g/mol. The average Bonchev–Trinajstić information content (AvgIpc) is 2.12. The quantitative estimate of drug-likeness (QED) is 0.361. The average molecular weight is 182 g/mol. The molecule has 0 saturated heterocycles. The van der Waals surface area contributed by atoms with E-state index in [1.165, 1.54) is 0 Å². The van der Waals surface area contributed by atoms with Gasteiger partial charge in [-0.2, -0.15) is 5.26 Å². The van der Waals surface area contributed by atoms with Gasteiger partial charge in [-0.1, -0.05) is 6.58 Å². The van der Waals surface area contributed by atoms with Crippen molar-refractivity contribution >= 4 is 11.9 Å². The number of amides is 1. The Morgan fingerprint density at radius 2 is 2.31 bits per heavy atom. The van der Waals surface area contributed by atoms with Gasteiger partial charge in [-0.15, -0.1) is 0 Å². The van der Waals surface area contributed by atoms with E-state index in [0.29, 0.717) is 0 Å². The third-order valence-electron chi connectivity index (χ3n) is 1.07. The lowest BCUT2D eigenvalue weighted by Crippen LogP contribution is -2.26. The molecule has 0 aromatic heterocycles. The number of hydrogen-bond acceptors (Lipinski definition) is 4. The van der Waals surface area contributed by atoms with E-state index in [0.717, 1.165) is 6.08 Å². The van der Waals surface area contributed by atoms with Gasteiger partial charge in [-0.3, -0.25) is 9.59 Å². The molecule has 0 heterocycles. The van der Waals surface area contributed by atoms with Crippen molar-refractivity contribution in [3.63, 3.8) is 0 Å². The molecule has 0 saturated carbocycles. The van der Waals surface area contributed by atoms with Gasteiger partial charge in [0.05, 0.1) is 12.6 Å². The van der Waals surface area contributed by atoms with E-state index < -0.39 is 5.97 Å². The number of carbonyl (C=O) groups is 2. The highest BCUT2D eigenvalue weighted by Gasteiger charge is 2.00. The Morgan fingerprint density at radius 3 is 2.85 bits per heavy atom. The number of nitriles is 1. The second kappa shape index (κ2) is 6.85. The van der Waals surface area contributed by atoms with Crippen molar-refractivity contribution in [2.45, 2.75) is 6.42 Å². The summed E-state index contributed by atoms with van der Waals surface area (Å²) >= 11 is 0. The van der Waals surface area contributed by atoms with E-state index in [4.69, 9.17) is 5.26 Å². The maximum Gasteiger partial charge on any atom is 0.320 e. The lowest BCUT2D eigenvalue weighted by Gasteiger charge is -2.02. The Morgan fingerprint density at radius 1 is 1.62 bits per heavy atom. The molecule has 5 heteroatoms. The van der Waals surface area contributed by atoms with Gasteiger partial charge < -0.3 is 10.1 Å². The van der Waals surface area contributed by atoms with Crippen LogP contribution in [0.4, 0.5) is 0 Å². The number of rotatable bonds is 5. The molecule has 0 rings (SSSR count). The van der Waals surface area contributed by atoms with Gasteiger partial charge in [0.1, 0.15) is 13.0 Å². The monoisotopic (exact) mass is 182 g/mol. The van der Waals surface area contributed by atoms with Gasteiger partial charge in [-0.25, -0.2) is 0 Å². The SMILES string of the molecule is C=CC(=O)NCCOC(=O)CC#N. The topological polar surface area (TPSA) is 79.2 Å². The van der Waals surface area contributed by atoms with E-state index in [1.807, 2.05) is 0 Å². The molecule has 0 unspecified atom stereocenters. The second-order valence-electron chi connectivity index (χ2n) is 2.05. The normalized spacial score (nSPS) is 8.23. The van der Waals surface area contributed by atoms with Gasteiger partial charge >= 0.3 is 5.97 Å². The lowest BCUT2D eigenvalue weighted by atomic mass is 10.5. The number of nitrogens with one attached hydrogen (secondary N) is 1. The van der Waals surface area contributed by atoms with Crippen molar-refractivity contribution in [1.29, 1.82) is 5.26 Å². The van der Waals surface area contributed by atoms with Crippen LogP contribution in [0.5, 0.6) is 0 Å². The second-order valence-corrected chi connectivity index (χ2v) is 2.05. The fourth-order valence-electron chi connectivity index (χ4n) is 0.527. The maximum atomic E-state index is 10.6. The van der Waals surface area contributed by atoms with Crippen LogP contribution < -0.4 is 5.32 Å². The van der Waals surface area contributed by atoms with E-state index in [9.17, 15) is 9.59 Å². The minimum Gasteiger partial charge on any atom is -0.463 e. The number of nitrogens with zero attached hydrogens (tertiary/aromatic N) is 1. The largest absolute Gasteiger partial charge is 0.463 e. The lowest BCUT2D eigenvalue weighted by molar-refractivity contribution is -0.142. The first kappa shape index (κ1) is 11.2. The summed E-state index contributed by atoms with van der Waals surface area (Å²) in [5.74, 6) is -0.910. The van der Waals surface area contributed by atoms with Crippen LogP contribution >= 0.6 is 0 Å². The van der Waals surface area contributed by atoms with Crippen LogP contribution in [-0.4, -0.2) is 25.0 Å². The number of ether oxygens (including phenoxy) is 1. The van der Waals surface area contributed by atoms with Crippen molar-refractivity contribution in [3.8, 4) is 6.07 Å². The Kier molecular flexibility index (Phi) is 5.89. The predicted molar refractivity (Wildman–Crippen MR) is 44.4 cm³/mol. The van der Waals surface area contributed by atoms with Gasteiger partial charge in [0, 0.05) is 0 Å². The summed E-state index contributed by atoms with van der Waals surface area (Å²) < 4.78 is 4.57. The molecule has 0 aromatic rings. The molecule has 0 aliphatic rings. The predicted octanol–water partition coefficient (Wildman–Crippen LogP) is -0.255. The zero-order valence-corrected chi connectivity index (χ0v) is 7.08. The van der Waals surface area contributed by atoms with Crippen LogP contribution in [0.15, 0.2) is 12.7 Å². The third kappa shape index (κ3) is 6.56. The van der Waals surface area contributed by atoms with E-state index in [-0.39, 0.29) is 25.5 Å². The molecule has 0 fully saturated rings. The van der Waals surface area contributed by atoms with Crippen molar-refractivity contribution < 1.29 is 14.3 Å². The molecule has 0 spiro atoms. The number of hydrogen-bond donors (Lipinski definition) is 1. The van der Waals surface area contributed by atoms with Gasteiger partial charge in [0.15, 0.2) is 0 Å². The van der Waals surface area contributed by atoms with E-state index >= 15 is 0 Å². The highest BCUT2D eigenvalue weighted by molar-refractivity contribution is 5.86. The molecule has 70 valence electrons. The van der Waals surface area contributed by atoms with E-state index in [1.54, 1.807) is 6.07 Å². The number of esters is 1. The molecule has 13 heavy (non-hydrogen) atoms. The molecule has 5 nitrogen and oxygen atoms in total. The van der Waals surface area contributed by atoms with Gasteiger partial charge in [0.2, 0.25) is 5.91 Å². The minimum absolute atomic E-state index is 0.0695. The molecule has 0 aromatic carbocycles. The van der Waals surface area contributed by atoms with Crippen LogP contribution in [0.3, 0.4) is 0 Å². The summed E-state index contributed by atoms with van der Waals surface area (Å²) in [5.41, 5.74) is 0. The van der Waals surface area contributed by atoms with E-state index in [2.05, 4.69) is 16.6 Å². The van der Waals surface area contributed by atoms with Crippen LogP contribution in [0, 0.1) is 11.3 Å².